The Kier molecular flexibility index (Phi) is 3.87. The van der Waals surface area contributed by atoms with E-state index in [0.29, 0.717) is 5.92 Å². The molecule has 1 fully saturated rings. The molecular weight excluding hydrogens is 210 g/mol. The summed E-state index contributed by atoms with van der Waals surface area (Å²) < 4.78 is 5.61. The molecule has 1 aromatic carbocycles. The lowest BCUT2D eigenvalue weighted by Gasteiger charge is -2.37. The molecule has 82 valence electrons. The van der Waals surface area contributed by atoms with Gasteiger partial charge in [-0.25, -0.2) is 0 Å². The van der Waals surface area contributed by atoms with Crippen molar-refractivity contribution in [1.82, 2.24) is 4.90 Å². The highest BCUT2D eigenvalue weighted by atomic mass is 35.5. The van der Waals surface area contributed by atoms with Gasteiger partial charge >= 0.3 is 0 Å². The number of likely N-dealkylation sites (tertiary alicyclic amines) is 1. The van der Waals surface area contributed by atoms with Crippen LogP contribution >= 0.6 is 11.6 Å². The number of ether oxygens (including phenoxy) is 1. The lowest BCUT2D eigenvalue weighted by atomic mass is 10.0. The smallest absolute Gasteiger partial charge is 0.119 e. The number of hydrogen-bond donors (Lipinski definition) is 0. The summed E-state index contributed by atoms with van der Waals surface area (Å²) in [5.74, 6) is 2.44. The van der Waals surface area contributed by atoms with Gasteiger partial charge in [-0.15, -0.1) is 11.6 Å². The van der Waals surface area contributed by atoms with E-state index in [1.165, 1.54) is 0 Å². The summed E-state index contributed by atoms with van der Waals surface area (Å²) in [4.78, 5) is 2.37. The molecule has 15 heavy (non-hydrogen) atoms. The number of benzene rings is 1. The van der Waals surface area contributed by atoms with E-state index in [0.717, 1.165) is 37.9 Å². The van der Waals surface area contributed by atoms with Crippen LogP contribution in [0.4, 0.5) is 0 Å². The molecule has 0 aliphatic carbocycles. The highest BCUT2D eigenvalue weighted by Gasteiger charge is 2.24. The zero-order chi connectivity index (χ0) is 10.5. The maximum absolute atomic E-state index is 5.74. The maximum Gasteiger partial charge on any atom is 0.119 e. The number of hydrogen-bond acceptors (Lipinski definition) is 2. The van der Waals surface area contributed by atoms with Gasteiger partial charge in [0.15, 0.2) is 0 Å². The van der Waals surface area contributed by atoms with Crippen LogP contribution in [0.15, 0.2) is 30.3 Å². The van der Waals surface area contributed by atoms with E-state index in [-0.39, 0.29) is 0 Å². The molecule has 3 heteroatoms. The van der Waals surface area contributed by atoms with Gasteiger partial charge in [0.05, 0.1) is 0 Å². The van der Waals surface area contributed by atoms with Gasteiger partial charge in [-0.3, -0.25) is 4.90 Å². The third kappa shape index (κ3) is 3.11. The van der Waals surface area contributed by atoms with Crippen molar-refractivity contribution in [3.63, 3.8) is 0 Å². The van der Waals surface area contributed by atoms with Gasteiger partial charge in [0.25, 0.3) is 0 Å². The second-order valence-corrected chi connectivity index (χ2v) is 4.25. The first kappa shape index (κ1) is 10.8. The molecule has 0 spiro atoms. The van der Waals surface area contributed by atoms with Gasteiger partial charge in [0.2, 0.25) is 0 Å². The Morgan fingerprint density at radius 3 is 2.67 bits per heavy atom. The van der Waals surface area contributed by atoms with Crippen LogP contribution in [0.5, 0.6) is 5.75 Å². The summed E-state index contributed by atoms with van der Waals surface area (Å²) in [7, 11) is 0. The van der Waals surface area contributed by atoms with Crippen molar-refractivity contribution in [2.45, 2.75) is 0 Å². The number of nitrogens with zero attached hydrogens (tertiary/aromatic N) is 1. The molecular formula is C12H16ClNO. The third-order valence-corrected chi connectivity index (χ3v) is 3.11. The van der Waals surface area contributed by atoms with Crippen LogP contribution in [-0.2, 0) is 0 Å². The minimum Gasteiger partial charge on any atom is -0.492 e. The minimum absolute atomic E-state index is 0.698. The Balaban J connectivity index is 1.60. The van der Waals surface area contributed by atoms with Gasteiger partial charge < -0.3 is 4.74 Å². The van der Waals surface area contributed by atoms with Crippen LogP contribution in [0.25, 0.3) is 0 Å². The molecule has 0 radical (unpaired) electrons. The predicted octanol–water partition coefficient (Wildman–Crippen LogP) is 2.24. The highest BCUT2D eigenvalue weighted by molar-refractivity contribution is 6.18. The second kappa shape index (κ2) is 5.38. The van der Waals surface area contributed by atoms with E-state index in [4.69, 9.17) is 16.3 Å². The first-order chi connectivity index (χ1) is 7.38. The molecule has 0 N–H and O–H groups in total. The van der Waals surface area contributed by atoms with Crippen LogP contribution in [0.1, 0.15) is 0 Å². The molecule has 0 amide bonds. The van der Waals surface area contributed by atoms with Crippen LogP contribution < -0.4 is 4.74 Å². The summed E-state index contributed by atoms with van der Waals surface area (Å²) in [6.07, 6.45) is 0. The van der Waals surface area contributed by atoms with Gasteiger partial charge in [0, 0.05) is 25.5 Å². The molecule has 0 saturated carbocycles. The lowest BCUT2D eigenvalue weighted by Crippen LogP contribution is -2.48. The fourth-order valence-corrected chi connectivity index (χ4v) is 1.96. The SMILES string of the molecule is ClCC1CN(CCOc2ccccc2)C1. The number of rotatable bonds is 5. The van der Waals surface area contributed by atoms with Crippen LogP contribution in [0, 0.1) is 5.92 Å². The van der Waals surface area contributed by atoms with Crippen LogP contribution in [0.3, 0.4) is 0 Å². The maximum atomic E-state index is 5.74. The van der Waals surface area contributed by atoms with E-state index in [2.05, 4.69) is 4.90 Å². The van der Waals surface area contributed by atoms with Crippen molar-refractivity contribution in [2.24, 2.45) is 5.92 Å². The zero-order valence-electron chi connectivity index (χ0n) is 8.73. The van der Waals surface area contributed by atoms with Crippen molar-refractivity contribution < 1.29 is 4.74 Å². The standard InChI is InChI=1S/C12H16ClNO/c13-8-11-9-14(10-11)6-7-15-12-4-2-1-3-5-12/h1-5,11H,6-10H2. The minimum atomic E-state index is 0.698. The second-order valence-electron chi connectivity index (χ2n) is 3.94. The van der Waals surface area contributed by atoms with Crippen molar-refractivity contribution in [3.05, 3.63) is 30.3 Å². The molecule has 0 atom stereocenters. The topological polar surface area (TPSA) is 12.5 Å². The monoisotopic (exact) mass is 225 g/mol. The Morgan fingerprint density at radius 2 is 2.00 bits per heavy atom. The molecule has 0 bridgehead atoms. The number of para-hydroxylation sites is 1. The van der Waals surface area contributed by atoms with E-state index in [1.54, 1.807) is 0 Å². The first-order valence-corrected chi connectivity index (χ1v) is 5.88. The van der Waals surface area contributed by atoms with Crippen molar-refractivity contribution in [1.29, 1.82) is 0 Å². The largest absolute Gasteiger partial charge is 0.492 e. The molecule has 0 aromatic heterocycles. The molecule has 1 aliphatic heterocycles. The average molecular weight is 226 g/mol. The van der Waals surface area contributed by atoms with Gasteiger partial charge in [-0.1, -0.05) is 18.2 Å². The summed E-state index contributed by atoms with van der Waals surface area (Å²) in [5, 5.41) is 0. The van der Waals surface area contributed by atoms with Crippen molar-refractivity contribution >= 4 is 11.6 Å². The quantitative estimate of drug-likeness (QED) is 0.713. The first-order valence-electron chi connectivity index (χ1n) is 5.34. The summed E-state index contributed by atoms with van der Waals surface area (Å²) in [6, 6.07) is 9.94. The number of alkyl halides is 1. The van der Waals surface area contributed by atoms with Gasteiger partial charge in [-0.2, -0.15) is 0 Å². The third-order valence-electron chi connectivity index (χ3n) is 2.67. The molecule has 1 saturated heterocycles. The molecule has 2 rings (SSSR count). The number of halogens is 1. The van der Waals surface area contributed by atoms with E-state index >= 15 is 0 Å². The fraction of sp³-hybridized carbons (Fsp3) is 0.500. The molecule has 1 aliphatic rings. The van der Waals surface area contributed by atoms with Gasteiger partial charge in [0.1, 0.15) is 12.4 Å². The Morgan fingerprint density at radius 1 is 1.27 bits per heavy atom. The fourth-order valence-electron chi connectivity index (χ4n) is 1.77. The van der Waals surface area contributed by atoms with Crippen molar-refractivity contribution in [3.8, 4) is 5.75 Å². The Labute approximate surface area is 95.8 Å². The van der Waals surface area contributed by atoms with Gasteiger partial charge in [-0.05, 0) is 18.1 Å². The lowest BCUT2D eigenvalue weighted by molar-refractivity contribution is 0.0950. The molecule has 1 aromatic rings. The summed E-state index contributed by atoms with van der Waals surface area (Å²) in [6.45, 7) is 4.02. The Bertz CT molecular complexity index is 285. The van der Waals surface area contributed by atoms with Crippen LogP contribution in [0.2, 0.25) is 0 Å². The van der Waals surface area contributed by atoms with Crippen molar-refractivity contribution in [2.75, 3.05) is 32.1 Å². The van der Waals surface area contributed by atoms with E-state index in [1.807, 2.05) is 30.3 Å². The summed E-state index contributed by atoms with van der Waals surface area (Å²) >= 11 is 5.74. The highest BCUT2D eigenvalue weighted by Crippen LogP contribution is 2.16. The van der Waals surface area contributed by atoms with Crippen LogP contribution in [-0.4, -0.2) is 37.0 Å². The van der Waals surface area contributed by atoms with E-state index < -0.39 is 0 Å². The van der Waals surface area contributed by atoms with E-state index in [9.17, 15) is 0 Å². The predicted molar refractivity (Wildman–Crippen MR) is 62.6 cm³/mol. The average Bonchev–Trinajstić information content (AvgIpc) is 2.23. The Hall–Kier alpha value is -0.730. The molecule has 0 unspecified atom stereocenters. The molecule has 1 heterocycles. The zero-order valence-corrected chi connectivity index (χ0v) is 9.49. The normalized spacial score (nSPS) is 17.4. The molecule has 2 nitrogen and oxygen atoms in total. The summed E-state index contributed by atoms with van der Waals surface area (Å²) in [5.41, 5.74) is 0.